The van der Waals surface area contributed by atoms with E-state index in [1.54, 1.807) is 54.6 Å². The second kappa shape index (κ2) is 9.48. The molecule has 3 aromatic rings. The van der Waals surface area contributed by atoms with Crippen molar-refractivity contribution in [3.05, 3.63) is 101 Å². The van der Waals surface area contributed by atoms with Crippen molar-refractivity contribution in [3.8, 4) is 0 Å². The minimum absolute atomic E-state index is 0.0981. The number of ether oxygens (including phenoxy) is 1. The van der Waals surface area contributed by atoms with Gasteiger partial charge < -0.3 is 10.1 Å². The maximum Gasteiger partial charge on any atom is 0.338 e. The van der Waals surface area contributed by atoms with E-state index < -0.39 is 18.5 Å². The van der Waals surface area contributed by atoms with E-state index in [1.165, 1.54) is 4.90 Å². The molecule has 1 aliphatic heterocycles. The van der Waals surface area contributed by atoms with Gasteiger partial charge in [-0.15, -0.1) is 0 Å². The van der Waals surface area contributed by atoms with Gasteiger partial charge in [0.1, 0.15) is 0 Å². The second-order valence-corrected chi connectivity index (χ2v) is 7.57. The highest BCUT2D eigenvalue weighted by molar-refractivity contribution is 6.21. The summed E-state index contributed by atoms with van der Waals surface area (Å²) in [5, 5.41) is 2.75. The molecular weight excluding hydrogens is 420 g/mol. The van der Waals surface area contributed by atoms with Crippen LogP contribution in [0.4, 0.5) is 5.69 Å². The van der Waals surface area contributed by atoms with Crippen molar-refractivity contribution in [2.24, 2.45) is 0 Å². The number of hydrogen-bond donors (Lipinski definition) is 1. The SMILES string of the molecule is CCc1ccccc1NC(=O)COC(=O)c1ccc(CN2C(=O)c3ccccc3C2=O)cc1. The molecule has 4 rings (SSSR count). The number of anilines is 1. The molecular formula is C26H22N2O5. The van der Waals surface area contributed by atoms with Crippen molar-refractivity contribution in [1.29, 1.82) is 0 Å². The van der Waals surface area contributed by atoms with Gasteiger partial charge >= 0.3 is 5.97 Å². The van der Waals surface area contributed by atoms with Gasteiger partial charge in [0, 0.05) is 5.69 Å². The minimum atomic E-state index is -0.638. The van der Waals surface area contributed by atoms with Crippen LogP contribution in [0.1, 0.15) is 49.1 Å². The van der Waals surface area contributed by atoms with Crippen molar-refractivity contribution in [1.82, 2.24) is 4.90 Å². The van der Waals surface area contributed by atoms with Gasteiger partial charge in [-0.3, -0.25) is 19.3 Å². The van der Waals surface area contributed by atoms with Gasteiger partial charge in [-0.05, 0) is 47.9 Å². The summed E-state index contributed by atoms with van der Waals surface area (Å²) in [6.07, 6.45) is 0.767. The Hall–Kier alpha value is -4.26. The zero-order chi connectivity index (χ0) is 23.4. The Morgan fingerprint density at radius 3 is 2.09 bits per heavy atom. The highest BCUT2D eigenvalue weighted by atomic mass is 16.5. The lowest BCUT2D eigenvalue weighted by molar-refractivity contribution is -0.119. The van der Waals surface area contributed by atoms with E-state index in [4.69, 9.17) is 4.74 Å². The zero-order valence-electron chi connectivity index (χ0n) is 18.0. The van der Waals surface area contributed by atoms with Crippen molar-refractivity contribution in [2.75, 3.05) is 11.9 Å². The van der Waals surface area contributed by atoms with E-state index in [-0.39, 0.29) is 23.9 Å². The molecule has 1 aliphatic rings. The van der Waals surface area contributed by atoms with E-state index in [0.29, 0.717) is 22.4 Å². The first-order valence-corrected chi connectivity index (χ1v) is 10.6. The lowest BCUT2D eigenvalue weighted by Gasteiger charge is -2.14. The van der Waals surface area contributed by atoms with E-state index in [0.717, 1.165) is 12.0 Å². The highest BCUT2D eigenvalue weighted by Crippen LogP contribution is 2.24. The van der Waals surface area contributed by atoms with E-state index in [1.807, 2.05) is 25.1 Å². The number of esters is 1. The Kier molecular flexibility index (Phi) is 6.31. The molecule has 0 saturated carbocycles. The molecule has 7 nitrogen and oxygen atoms in total. The highest BCUT2D eigenvalue weighted by Gasteiger charge is 2.34. The molecule has 0 fully saturated rings. The van der Waals surface area contributed by atoms with Gasteiger partial charge in [0.15, 0.2) is 6.61 Å². The molecule has 1 heterocycles. The number of fused-ring (bicyclic) bond motifs is 1. The van der Waals surface area contributed by atoms with Gasteiger partial charge in [-0.25, -0.2) is 4.79 Å². The number of rotatable bonds is 7. The summed E-state index contributed by atoms with van der Waals surface area (Å²) in [5.41, 5.74) is 3.42. The number of para-hydroxylation sites is 1. The van der Waals surface area contributed by atoms with Crippen LogP contribution in [0.2, 0.25) is 0 Å². The largest absolute Gasteiger partial charge is 0.452 e. The predicted molar refractivity (Wildman–Crippen MR) is 122 cm³/mol. The number of benzene rings is 3. The molecule has 0 radical (unpaired) electrons. The lowest BCUT2D eigenvalue weighted by atomic mass is 10.1. The summed E-state index contributed by atoms with van der Waals surface area (Å²) in [6, 6.07) is 20.5. The molecule has 0 aromatic heterocycles. The number of hydrogen-bond acceptors (Lipinski definition) is 5. The molecule has 0 saturated heterocycles. The summed E-state index contributed by atoms with van der Waals surface area (Å²) in [7, 11) is 0. The molecule has 0 atom stereocenters. The summed E-state index contributed by atoms with van der Waals surface area (Å²) in [4.78, 5) is 50.7. The molecule has 3 aromatic carbocycles. The molecule has 33 heavy (non-hydrogen) atoms. The van der Waals surface area contributed by atoms with Crippen molar-refractivity contribution < 1.29 is 23.9 Å². The third-order valence-electron chi connectivity index (χ3n) is 5.42. The Morgan fingerprint density at radius 2 is 1.45 bits per heavy atom. The Balaban J connectivity index is 1.33. The van der Waals surface area contributed by atoms with Crippen LogP contribution in [-0.2, 0) is 22.5 Å². The summed E-state index contributed by atoms with van der Waals surface area (Å²) >= 11 is 0. The lowest BCUT2D eigenvalue weighted by Crippen LogP contribution is -2.29. The van der Waals surface area contributed by atoms with Crippen LogP contribution in [-0.4, -0.2) is 35.2 Å². The van der Waals surface area contributed by atoms with Crippen molar-refractivity contribution in [3.63, 3.8) is 0 Å². The van der Waals surface area contributed by atoms with Crippen LogP contribution in [0.5, 0.6) is 0 Å². The fourth-order valence-corrected chi connectivity index (χ4v) is 3.66. The molecule has 1 N–H and O–H groups in total. The number of carbonyl (C=O) groups excluding carboxylic acids is 4. The maximum atomic E-state index is 12.5. The predicted octanol–water partition coefficient (Wildman–Crippen LogP) is 3.84. The Bertz CT molecular complexity index is 1200. The fraction of sp³-hybridized carbons (Fsp3) is 0.154. The minimum Gasteiger partial charge on any atom is -0.452 e. The van der Waals surface area contributed by atoms with Crippen LogP contribution in [0.15, 0.2) is 72.8 Å². The number of aryl methyl sites for hydroxylation is 1. The molecule has 166 valence electrons. The smallest absolute Gasteiger partial charge is 0.338 e. The topological polar surface area (TPSA) is 92.8 Å². The first-order valence-electron chi connectivity index (χ1n) is 10.6. The number of nitrogens with one attached hydrogen (secondary N) is 1. The van der Waals surface area contributed by atoms with Crippen LogP contribution >= 0.6 is 0 Å². The van der Waals surface area contributed by atoms with E-state index in [9.17, 15) is 19.2 Å². The average Bonchev–Trinajstić information content (AvgIpc) is 3.08. The second-order valence-electron chi connectivity index (χ2n) is 7.57. The van der Waals surface area contributed by atoms with Crippen LogP contribution in [0.25, 0.3) is 0 Å². The quantitative estimate of drug-likeness (QED) is 0.443. The molecule has 0 aliphatic carbocycles. The van der Waals surface area contributed by atoms with Crippen LogP contribution in [0.3, 0.4) is 0 Å². The molecule has 7 heteroatoms. The molecule has 0 spiro atoms. The van der Waals surface area contributed by atoms with Crippen molar-refractivity contribution >= 4 is 29.4 Å². The molecule has 0 unspecified atom stereocenters. The fourth-order valence-electron chi connectivity index (χ4n) is 3.66. The van der Waals surface area contributed by atoms with Gasteiger partial charge in [0.25, 0.3) is 17.7 Å². The van der Waals surface area contributed by atoms with E-state index >= 15 is 0 Å². The Labute approximate surface area is 191 Å². The summed E-state index contributed by atoms with van der Waals surface area (Å²) in [6.45, 7) is 1.68. The van der Waals surface area contributed by atoms with Gasteiger partial charge in [-0.2, -0.15) is 0 Å². The first kappa shape index (κ1) is 22.0. The zero-order valence-corrected chi connectivity index (χ0v) is 18.0. The first-order chi connectivity index (χ1) is 16.0. The summed E-state index contributed by atoms with van der Waals surface area (Å²) in [5.74, 6) is -1.74. The van der Waals surface area contributed by atoms with Crippen molar-refractivity contribution in [2.45, 2.75) is 19.9 Å². The number of imide groups is 1. The van der Waals surface area contributed by atoms with Gasteiger partial charge in [-0.1, -0.05) is 49.4 Å². The van der Waals surface area contributed by atoms with E-state index in [2.05, 4.69) is 5.32 Å². The van der Waals surface area contributed by atoms with Gasteiger partial charge in [0.2, 0.25) is 0 Å². The Morgan fingerprint density at radius 1 is 0.848 bits per heavy atom. The normalized spacial score (nSPS) is 12.5. The average molecular weight is 442 g/mol. The van der Waals surface area contributed by atoms with Gasteiger partial charge in [0.05, 0.1) is 23.2 Å². The third kappa shape index (κ3) is 4.67. The number of amides is 3. The number of carbonyl (C=O) groups is 4. The third-order valence-corrected chi connectivity index (χ3v) is 5.42. The van der Waals surface area contributed by atoms with Crippen LogP contribution < -0.4 is 5.32 Å². The van der Waals surface area contributed by atoms with Crippen LogP contribution in [0, 0.1) is 0 Å². The summed E-state index contributed by atoms with van der Waals surface area (Å²) < 4.78 is 5.12. The standard InChI is InChI=1S/C26H22N2O5/c1-2-18-7-3-6-10-22(18)27-23(29)16-33-26(32)19-13-11-17(12-14-19)15-28-24(30)20-8-4-5-9-21(20)25(28)31/h3-14H,2,15-16H2,1H3,(H,27,29). The maximum absolute atomic E-state index is 12.5. The number of nitrogens with zero attached hydrogens (tertiary/aromatic N) is 1. The monoisotopic (exact) mass is 442 g/mol. The molecule has 3 amide bonds. The molecule has 0 bridgehead atoms.